The zero-order valence-corrected chi connectivity index (χ0v) is 16.1. The SMILES string of the molecule is Cc1ccc(S(=O)(=O)N(C)C2=C(c3ccc4c(c3)OCO4)CCCO2)cc1. The smallest absolute Gasteiger partial charge is 0.266 e. The number of hydrogen-bond acceptors (Lipinski definition) is 5. The molecular formula is C20H21NO5S. The molecule has 0 fully saturated rings. The van der Waals surface area contributed by atoms with Crippen molar-refractivity contribution >= 4 is 15.6 Å². The third-order valence-electron chi connectivity index (χ3n) is 4.75. The van der Waals surface area contributed by atoms with Crippen LogP contribution in [0.15, 0.2) is 53.2 Å². The Morgan fingerprint density at radius 3 is 2.48 bits per heavy atom. The fraction of sp³-hybridized carbons (Fsp3) is 0.300. The fourth-order valence-electron chi connectivity index (χ4n) is 3.22. The molecule has 2 aliphatic heterocycles. The first-order chi connectivity index (χ1) is 13.0. The van der Waals surface area contributed by atoms with Crippen molar-refractivity contribution < 1.29 is 22.6 Å². The number of allylic oxidation sites excluding steroid dienone is 1. The van der Waals surface area contributed by atoms with E-state index in [2.05, 4.69) is 0 Å². The minimum absolute atomic E-state index is 0.197. The van der Waals surface area contributed by atoms with Gasteiger partial charge in [-0.05, 0) is 49.6 Å². The highest BCUT2D eigenvalue weighted by molar-refractivity contribution is 7.89. The van der Waals surface area contributed by atoms with E-state index in [-0.39, 0.29) is 11.7 Å². The van der Waals surface area contributed by atoms with Crippen LogP contribution < -0.4 is 9.47 Å². The standard InChI is InChI=1S/C20H21NO5S/c1-14-5-8-16(9-6-14)27(22,23)21(2)20-17(4-3-11-24-20)15-7-10-18-19(12-15)26-13-25-18/h5-10,12H,3-4,11,13H2,1-2H3. The van der Waals surface area contributed by atoms with Crippen LogP contribution in [0.3, 0.4) is 0 Å². The molecule has 0 aliphatic carbocycles. The van der Waals surface area contributed by atoms with Gasteiger partial charge in [0.05, 0.1) is 11.5 Å². The molecule has 27 heavy (non-hydrogen) atoms. The van der Waals surface area contributed by atoms with Crippen molar-refractivity contribution in [3.05, 3.63) is 59.5 Å². The average molecular weight is 387 g/mol. The molecule has 142 valence electrons. The molecule has 2 heterocycles. The molecule has 0 saturated heterocycles. The first-order valence-electron chi connectivity index (χ1n) is 8.78. The Morgan fingerprint density at radius 1 is 0.963 bits per heavy atom. The number of benzene rings is 2. The number of ether oxygens (including phenoxy) is 3. The van der Waals surface area contributed by atoms with Gasteiger partial charge in [-0.2, -0.15) is 0 Å². The highest BCUT2D eigenvalue weighted by atomic mass is 32.2. The second kappa shape index (κ2) is 6.81. The summed E-state index contributed by atoms with van der Waals surface area (Å²) in [5.74, 6) is 1.72. The molecule has 0 unspecified atom stereocenters. The largest absolute Gasteiger partial charge is 0.478 e. The molecule has 0 amide bonds. The molecule has 0 atom stereocenters. The average Bonchev–Trinajstić information content (AvgIpc) is 3.15. The molecule has 0 aromatic heterocycles. The first-order valence-corrected chi connectivity index (χ1v) is 10.2. The zero-order valence-electron chi connectivity index (χ0n) is 15.3. The van der Waals surface area contributed by atoms with E-state index in [1.807, 2.05) is 25.1 Å². The number of sulfonamides is 1. The van der Waals surface area contributed by atoms with Gasteiger partial charge < -0.3 is 14.2 Å². The van der Waals surface area contributed by atoms with Crippen LogP contribution in [0.5, 0.6) is 11.5 Å². The van der Waals surface area contributed by atoms with Gasteiger partial charge >= 0.3 is 0 Å². The van der Waals surface area contributed by atoms with E-state index in [1.54, 1.807) is 24.3 Å². The van der Waals surface area contributed by atoms with Crippen LogP contribution in [0.2, 0.25) is 0 Å². The summed E-state index contributed by atoms with van der Waals surface area (Å²) in [6.07, 6.45) is 1.55. The van der Waals surface area contributed by atoms with Gasteiger partial charge in [-0.25, -0.2) is 12.7 Å². The van der Waals surface area contributed by atoms with E-state index in [0.29, 0.717) is 24.0 Å². The molecule has 0 bridgehead atoms. The summed E-state index contributed by atoms with van der Waals surface area (Å²) in [4.78, 5) is 0.238. The lowest BCUT2D eigenvalue weighted by molar-refractivity contribution is 0.150. The predicted molar refractivity (Wildman–Crippen MR) is 101 cm³/mol. The van der Waals surface area contributed by atoms with Gasteiger partial charge in [-0.1, -0.05) is 23.8 Å². The number of aryl methyl sites for hydroxylation is 1. The Bertz CT molecular complexity index is 996. The molecule has 2 aromatic rings. The second-order valence-corrected chi connectivity index (χ2v) is 8.56. The Hall–Kier alpha value is -2.67. The van der Waals surface area contributed by atoms with Gasteiger partial charge in [0.25, 0.3) is 10.0 Å². The van der Waals surface area contributed by atoms with E-state index in [9.17, 15) is 8.42 Å². The van der Waals surface area contributed by atoms with E-state index >= 15 is 0 Å². The lowest BCUT2D eigenvalue weighted by atomic mass is 10.00. The molecule has 2 aromatic carbocycles. The molecule has 2 aliphatic rings. The number of fused-ring (bicyclic) bond motifs is 1. The Labute approximate surface area is 159 Å². The van der Waals surface area contributed by atoms with Crippen molar-refractivity contribution in [2.24, 2.45) is 0 Å². The van der Waals surface area contributed by atoms with Crippen LogP contribution in [-0.2, 0) is 14.8 Å². The minimum atomic E-state index is -3.71. The van der Waals surface area contributed by atoms with Crippen molar-refractivity contribution in [1.82, 2.24) is 4.31 Å². The van der Waals surface area contributed by atoms with Gasteiger partial charge in [0.1, 0.15) is 0 Å². The number of hydrogen-bond donors (Lipinski definition) is 0. The van der Waals surface area contributed by atoms with E-state index < -0.39 is 10.0 Å². The summed E-state index contributed by atoms with van der Waals surface area (Å²) in [7, 11) is -2.18. The van der Waals surface area contributed by atoms with Gasteiger partial charge in [0, 0.05) is 12.6 Å². The van der Waals surface area contributed by atoms with Crippen molar-refractivity contribution in [1.29, 1.82) is 0 Å². The van der Waals surface area contributed by atoms with Crippen LogP contribution in [-0.4, -0.2) is 33.2 Å². The summed E-state index contributed by atoms with van der Waals surface area (Å²) in [5, 5.41) is 0. The van der Waals surface area contributed by atoms with Gasteiger partial charge in [-0.3, -0.25) is 0 Å². The topological polar surface area (TPSA) is 65.1 Å². The Balaban J connectivity index is 1.75. The van der Waals surface area contributed by atoms with Crippen molar-refractivity contribution in [3.8, 4) is 11.5 Å². The predicted octanol–water partition coefficient (Wildman–Crippen LogP) is 3.52. The Morgan fingerprint density at radius 2 is 1.70 bits per heavy atom. The molecule has 0 saturated carbocycles. The van der Waals surface area contributed by atoms with Gasteiger partial charge in [-0.15, -0.1) is 0 Å². The minimum Gasteiger partial charge on any atom is -0.478 e. The van der Waals surface area contributed by atoms with Crippen molar-refractivity contribution in [3.63, 3.8) is 0 Å². The highest BCUT2D eigenvalue weighted by Crippen LogP contribution is 2.38. The monoisotopic (exact) mass is 387 g/mol. The number of nitrogens with zero attached hydrogens (tertiary/aromatic N) is 1. The maximum Gasteiger partial charge on any atom is 0.266 e. The van der Waals surface area contributed by atoms with Crippen LogP contribution in [0.4, 0.5) is 0 Å². The molecule has 0 radical (unpaired) electrons. The maximum absolute atomic E-state index is 13.1. The fourth-order valence-corrected chi connectivity index (χ4v) is 4.40. The van der Waals surface area contributed by atoms with E-state index in [1.165, 1.54) is 11.4 Å². The molecule has 6 nitrogen and oxygen atoms in total. The highest BCUT2D eigenvalue weighted by Gasteiger charge is 2.29. The normalized spacial score (nSPS) is 16.2. The quantitative estimate of drug-likeness (QED) is 0.803. The lowest BCUT2D eigenvalue weighted by Crippen LogP contribution is -2.30. The van der Waals surface area contributed by atoms with Crippen molar-refractivity contribution in [2.45, 2.75) is 24.7 Å². The second-order valence-electron chi connectivity index (χ2n) is 6.59. The third kappa shape index (κ3) is 3.23. The zero-order chi connectivity index (χ0) is 19.0. The summed E-state index contributed by atoms with van der Waals surface area (Å²) < 4.78 is 44.0. The first kappa shape index (κ1) is 17.7. The summed E-state index contributed by atoms with van der Waals surface area (Å²) in [6, 6.07) is 12.4. The Kier molecular flexibility index (Phi) is 4.47. The van der Waals surface area contributed by atoms with E-state index in [0.717, 1.165) is 29.5 Å². The summed E-state index contributed by atoms with van der Waals surface area (Å²) in [6.45, 7) is 2.60. The third-order valence-corrected chi connectivity index (χ3v) is 6.51. The van der Waals surface area contributed by atoms with Crippen LogP contribution in [0.1, 0.15) is 24.0 Å². The summed E-state index contributed by atoms with van der Waals surface area (Å²) in [5.41, 5.74) is 2.73. The van der Waals surface area contributed by atoms with Gasteiger partial charge in [0.2, 0.25) is 12.7 Å². The van der Waals surface area contributed by atoms with Crippen molar-refractivity contribution in [2.75, 3.05) is 20.4 Å². The molecule has 7 heteroatoms. The van der Waals surface area contributed by atoms with Crippen LogP contribution >= 0.6 is 0 Å². The molecule has 4 rings (SSSR count). The molecule has 0 spiro atoms. The number of rotatable bonds is 4. The van der Waals surface area contributed by atoms with Crippen LogP contribution in [0.25, 0.3) is 5.57 Å². The molecular weight excluding hydrogens is 366 g/mol. The molecule has 0 N–H and O–H groups in total. The summed E-state index contributed by atoms with van der Waals surface area (Å²) >= 11 is 0. The van der Waals surface area contributed by atoms with Crippen LogP contribution in [0, 0.1) is 6.92 Å². The van der Waals surface area contributed by atoms with Gasteiger partial charge in [0.15, 0.2) is 11.5 Å². The maximum atomic E-state index is 13.1. The van der Waals surface area contributed by atoms with E-state index in [4.69, 9.17) is 14.2 Å². The lowest BCUT2D eigenvalue weighted by Gasteiger charge is -2.28.